The van der Waals surface area contributed by atoms with Crippen LogP contribution < -0.4 is 9.80 Å². The van der Waals surface area contributed by atoms with Crippen molar-refractivity contribution >= 4 is 33.8 Å². The zero-order valence-corrected chi connectivity index (χ0v) is 37.0. The maximum Gasteiger partial charge on any atom is 0.102 e. The molecule has 10 rings (SSSR count). The number of nitrogens with zero attached hydrogens (tertiary/aromatic N) is 6. The van der Waals surface area contributed by atoms with Gasteiger partial charge in [-0.05, 0) is 149 Å². The van der Waals surface area contributed by atoms with E-state index in [1.54, 1.807) is 0 Å². The summed E-state index contributed by atoms with van der Waals surface area (Å²) >= 11 is 0. The lowest BCUT2D eigenvalue weighted by molar-refractivity contribution is 0.338. The van der Waals surface area contributed by atoms with Crippen molar-refractivity contribution in [3.63, 3.8) is 0 Å². The highest BCUT2D eigenvalue weighted by Crippen LogP contribution is 2.60. The van der Waals surface area contributed by atoms with Crippen molar-refractivity contribution in [3.05, 3.63) is 168 Å². The Kier molecular flexibility index (Phi) is 8.45. The highest BCUT2D eigenvalue weighted by Gasteiger charge is 2.50. The van der Waals surface area contributed by atoms with E-state index in [1.165, 1.54) is 44.2 Å². The molecule has 0 N–H and O–H groups in total. The number of fused-ring (bicyclic) bond motifs is 5. The van der Waals surface area contributed by atoms with Gasteiger partial charge in [0, 0.05) is 23.5 Å². The molecule has 0 amide bonds. The second-order valence-corrected chi connectivity index (χ2v) is 19.2. The number of anilines is 2. The molecule has 6 heteroatoms. The lowest BCUT2D eigenvalue weighted by Gasteiger charge is -2.41. The first kappa shape index (κ1) is 38.8. The van der Waals surface area contributed by atoms with Crippen LogP contribution in [0.5, 0.6) is 0 Å². The van der Waals surface area contributed by atoms with Gasteiger partial charge in [-0.15, -0.1) is 0 Å². The molecule has 0 radical (unpaired) electrons. The monoisotopic (exact) mass is 798 g/mol. The van der Waals surface area contributed by atoms with Crippen LogP contribution in [-0.2, 0) is 5.41 Å². The Morgan fingerprint density at radius 3 is 1.44 bits per heavy atom. The van der Waals surface area contributed by atoms with Crippen LogP contribution in [-0.4, -0.2) is 43.8 Å². The number of rotatable bonds is 6. The molecule has 0 fully saturated rings. The van der Waals surface area contributed by atoms with Crippen molar-refractivity contribution in [2.75, 3.05) is 9.80 Å². The normalized spacial score (nSPS) is 18.8. The first-order valence-corrected chi connectivity index (χ1v) is 21.5. The van der Waals surface area contributed by atoms with E-state index in [9.17, 15) is 0 Å². The van der Waals surface area contributed by atoms with Gasteiger partial charge in [0.05, 0.1) is 51.3 Å². The van der Waals surface area contributed by atoms with E-state index in [1.807, 2.05) is 24.8 Å². The van der Waals surface area contributed by atoms with Gasteiger partial charge >= 0.3 is 0 Å². The summed E-state index contributed by atoms with van der Waals surface area (Å²) in [5, 5.41) is 2.42. The molecule has 0 bridgehead atoms. The van der Waals surface area contributed by atoms with Crippen LogP contribution in [0.25, 0.3) is 44.2 Å². The molecule has 0 spiro atoms. The number of aromatic nitrogens is 2. The van der Waals surface area contributed by atoms with E-state index >= 15 is 0 Å². The second-order valence-electron chi connectivity index (χ2n) is 19.2. The van der Waals surface area contributed by atoms with Crippen molar-refractivity contribution in [1.29, 1.82) is 0 Å². The Balaban J connectivity index is 1.23. The zero-order chi connectivity index (χ0) is 42.7. The minimum absolute atomic E-state index is 0.228. The van der Waals surface area contributed by atoms with Gasteiger partial charge in [0.15, 0.2) is 0 Å². The molecule has 5 aromatic carbocycles. The lowest BCUT2D eigenvalue weighted by atomic mass is 9.67. The zero-order valence-electron chi connectivity index (χ0n) is 37.0. The van der Waals surface area contributed by atoms with Gasteiger partial charge < -0.3 is 9.80 Å². The molecule has 7 aromatic rings. The molecule has 61 heavy (non-hydrogen) atoms. The summed E-state index contributed by atoms with van der Waals surface area (Å²) in [5.74, 6) is 2.01. The van der Waals surface area contributed by atoms with E-state index in [0.717, 1.165) is 45.3 Å². The van der Waals surface area contributed by atoms with Crippen LogP contribution in [0.3, 0.4) is 0 Å². The lowest BCUT2D eigenvalue weighted by Crippen LogP contribution is -2.53. The van der Waals surface area contributed by atoms with Gasteiger partial charge in [-0.1, -0.05) is 97.1 Å². The smallest absolute Gasteiger partial charge is 0.102 e. The number of aliphatic imine (C=N–C) groups is 2. The van der Waals surface area contributed by atoms with E-state index in [4.69, 9.17) is 20.0 Å². The molecule has 2 aromatic heterocycles. The Hall–Kier alpha value is -6.40. The highest BCUT2D eigenvalue weighted by molar-refractivity contribution is 6.11. The minimum Gasteiger partial charge on any atom is -0.321 e. The van der Waals surface area contributed by atoms with Crippen LogP contribution in [0.15, 0.2) is 156 Å². The maximum absolute atomic E-state index is 5.11. The predicted octanol–water partition coefficient (Wildman–Crippen LogP) is 12.9. The van der Waals surface area contributed by atoms with Crippen LogP contribution in [0, 0.1) is 0 Å². The summed E-state index contributed by atoms with van der Waals surface area (Å²) in [6.45, 7) is 22.2. The van der Waals surface area contributed by atoms with Crippen molar-refractivity contribution in [2.24, 2.45) is 9.98 Å². The first-order valence-electron chi connectivity index (χ1n) is 21.5. The molecule has 0 saturated heterocycles. The molecule has 6 nitrogen and oxygen atoms in total. The average Bonchev–Trinajstić information content (AvgIpc) is 3.70. The van der Waals surface area contributed by atoms with E-state index in [0.29, 0.717) is 0 Å². The highest BCUT2D eigenvalue weighted by atomic mass is 15.3. The number of hydrogen-bond acceptors (Lipinski definition) is 6. The topological polar surface area (TPSA) is 57.0 Å². The molecule has 4 heterocycles. The Bertz CT molecular complexity index is 2920. The number of benzene rings is 5. The third-order valence-corrected chi connectivity index (χ3v) is 14.8. The molecular formula is C55H54N6. The Morgan fingerprint density at radius 2 is 0.918 bits per heavy atom. The van der Waals surface area contributed by atoms with Crippen molar-refractivity contribution in [3.8, 4) is 33.4 Å². The molecule has 0 atom stereocenters. The second kappa shape index (κ2) is 13.3. The van der Waals surface area contributed by atoms with Crippen molar-refractivity contribution in [1.82, 2.24) is 9.97 Å². The summed E-state index contributed by atoms with van der Waals surface area (Å²) in [6.07, 6.45) is 7.99. The van der Waals surface area contributed by atoms with Crippen LogP contribution in [0.4, 0.5) is 11.4 Å². The maximum atomic E-state index is 5.11. The van der Waals surface area contributed by atoms with Crippen LogP contribution >= 0.6 is 0 Å². The molecule has 3 aliphatic rings. The fourth-order valence-corrected chi connectivity index (χ4v) is 10.7. The van der Waals surface area contributed by atoms with Crippen LogP contribution in [0.1, 0.15) is 91.5 Å². The summed E-state index contributed by atoms with van der Waals surface area (Å²) in [4.78, 5) is 24.7. The summed E-state index contributed by atoms with van der Waals surface area (Å²) in [5.41, 5.74) is 12.4. The van der Waals surface area contributed by atoms with E-state index in [-0.39, 0.29) is 22.2 Å². The van der Waals surface area contributed by atoms with Gasteiger partial charge in [0.2, 0.25) is 0 Å². The minimum atomic E-state index is -0.632. The van der Waals surface area contributed by atoms with Gasteiger partial charge in [-0.2, -0.15) is 0 Å². The molecule has 304 valence electrons. The number of pyridine rings is 2. The van der Waals surface area contributed by atoms with Crippen LogP contribution in [0.2, 0.25) is 0 Å². The largest absolute Gasteiger partial charge is 0.321 e. The van der Waals surface area contributed by atoms with Crippen molar-refractivity contribution < 1.29 is 0 Å². The van der Waals surface area contributed by atoms with Gasteiger partial charge in [-0.3, -0.25) is 20.0 Å². The fourth-order valence-electron chi connectivity index (χ4n) is 10.7. The third-order valence-electron chi connectivity index (χ3n) is 14.8. The fraction of sp³-hybridized carbons (Fsp3) is 0.273. The van der Waals surface area contributed by atoms with Gasteiger partial charge in [0.1, 0.15) is 11.7 Å². The van der Waals surface area contributed by atoms with Crippen molar-refractivity contribution in [2.45, 2.75) is 96.8 Å². The summed E-state index contributed by atoms with van der Waals surface area (Å²) < 4.78 is 0. The SMILES string of the molecule is CC1=NC(C)(C)C(C)(C)N1c1cncc(-c2ccc3c(c2)C(c2ccccc2)(c2ccccc2)c2cc(-c4cncc(N5C(C)=NC(C)(C)C5(C)C)c4)c4ccccc4c2-3)c1. The standard InChI is InChI=1S/C55H54N6/c1-35-58-51(3,4)53(7,8)60(35)42-27-38(31-56-33-42)37-25-26-46-48(29-37)55(40-19-13-11-14-20-40,41-21-15-12-16-22-41)49-30-47(44-23-17-18-24-45(44)50(46)49)39-28-43(34-57-32-39)61-36(2)59-52(5,6)54(61,9)10/h11-34H,1-10H3. The van der Waals surface area contributed by atoms with Gasteiger partial charge in [-0.25, -0.2) is 0 Å². The molecule has 1 aliphatic carbocycles. The summed E-state index contributed by atoms with van der Waals surface area (Å²) in [6, 6.07) is 45.2. The quantitative estimate of drug-likeness (QED) is 0.168. The Morgan fingerprint density at radius 1 is 0.426 bits per heavy atom. The summed E-state index contributed by atoms with van der Waals surface area (Å²) in [7, 11) is 0. The number of hydrogen-bond donors (Lipinski definition) is 0. The molecule has 2 aliphatic heterocycles. The average molecular weight is 799 g/mol. The number of amidine groups is 2. The third kappa shape index (κ3) is 5.46. The molecule has 0 saturated carbocycles. The first-order chi connectivity index (χ1) is 29.1. The van der Waals surface area contributed by atoms with Gasteiger partial charge in [0.25, 0.3) is 0 Å². The molecule has 0 unspecified atom stereocenters. The Labute approximate surface area is 360 Å². The van der Waals surface area contributed by atoms with E-state index in [2.05, 4.69) is 200 Å². The predicted molar refractivity (Wildman–Crippen MR) is 255 cm³/mol. The van der Waals surface area contributed by atoms with E-state index < -0.39 is 5.41 Å². The molecular weight excluding hydrogens is 745 g/mol.